The van der Waals surface area contributed by atoms with Crippen LogP contribution in [0.2, 0.25) is 0 Å². The van der Waals surface area contributed by atoms with Crippen LogP contribution in [-0.2, 0) is 34.3 Å². The predicted octanol–water partition coefficient (Wildman–Crippen LogP) is 7.29. The molecule has 53 heavy (non-hydrogen) atoms. The van der Waals surface area contributed by atoms with Gasteiger partial charge in [-0.1, -0.05) is 102 Å². The largest absolute Gasteiger partial charge is 0.476 e. The van der Waals surface area contributed by atoms with E-state index in [9.17, 15) is 24.3 Å². The highest BCUT2D eigenvalue weighted by molar-refractivity contribution is 7.14. The number of aromatic nitrogens is 1. The molecule has 12 nitrogen and oxygen atoms in total. The zero-order valence-electron chi connectivity index (χ0n) is 29.6. The summed E-state index contributed by atoms with van der Waals surface area (Å²) in [4.78, 5) is 59.9. The van der Waals surface area contributed by atoms with Gasteiger partial charge in [0.1, 0.15) is 16.8 Å². The van der Waals surface area contributed by atoms with Crippen LogP contribution in [0.3, 0.4) is 0 Å². The van der Waals surface area contributed by atoms with Gasteiger partial charge < -0.3 is 29.5 Å². The first-order valence-electron chi connectivity index (χ1n) is 16.4. The third-order valence-corrected chi connectivity index (χ3v) is 8.27. The molecule has 4 aromatic carbocycles. The van der Waals surface area contributed by atoms with E-state index < -0.39 is 46.8 Å². The second-order valence-electron chi connectivity index (χ2n) is 12.7. The average molecular weight is 736 g/mol. The van der Waals surface area contributed by atoms with Gasteiger partial charge in [-0.05, 0) is 49.6 Å². The average Bonchev–Trinajstić information content (AvgIpc) is 3.57. The molecule has 0 amide bonds. The molecule has 1 heterocycles. The number of aliphatic carboxylic acids is 1. The normalized spacial score (nSPS) is 12.3. The zero-order chi connectivity index (χ0) is 38.2. The molecule has 0 radical (unpaired) electrons. The molecule has 1 aromatic heterocycles. The maximum Gasteiger partial charge on any atom is 0.360 e. The highest BCUT2D eigenvalue weighted by atomic mass is 32.1. The van der Waals surface area contributed by atoms with Gasteiger partial charge >= 0.3 is 23.9 Å². The number of carbonyl (C=O) groups excluding carboxylic acids is 3. The Morgan fingerprint density at radius 3 is 1.74 bits per heavy atom. The fraction of sp³-hybridized carbons (Fsp3) is 0.200. The van der Waals surface area contributed by atoms with E-state index in [2.05, 4.69) is 15.5 Å². The Bertz CT molecular complexity index is 2020. The zero-order valence-corrected chi connectivity index (χ0v) is 30.4. The van der Waals surface area contributed by atoms with Gasteiger partial charge in [-0.2, -0.15) is 0 Å². The molecule has 272 valence electrons. The number of benzene rings is 4. The van der Waals surface area contributed by atoms with E-state index in [0.29, 0.717) is 5.13 Å². The van der Waals surface area contributed by atoms with Crippen molar-refractivity contribution in [3.63, 3.8) is 0 Å². The fourth-order valence-corrected chi connectivity index (χ4v) is 6.19. The number of carboxylic acids is 1. The van der Waals surface area contributed by atoms with Gasteiger partial charge in [0.25, 0.3) is 0 Å². The van der Waals surface area contributed by atoms with Gasteiger partial charge in [0.05, 0.1) is 0 Å². The van der Waals surface area contributed by atoms with Crippen molar-refractivity contribution in [2.75, 3.05) is 5.32 Å². The summed E-state index contributed by atoms with van der Waals surface area (Å²) in [5.41, 5.74) is 0.278. The number of thiazole rings is 1. The lowest BCUT2D eigenvalue weighted by molar-refractivity contribution is -0.169. The van der Waals surface area contributed by atoms with Gasteiger partial charge in [-0.3, -0.25) is 9.59 Å². The summed E-state index contributed by atoms with van der Waals surface area (Å²) < 4.78 is 15.9. The Labute approximate surface area is 310 Å². The summed E-state index contributed by atoms with van der Waals surface area (Å²) in [5, 5.41) is 19.7. The molecular weight excluding hydrogens is 699 g/mol. The Balaban J connectivity index is 1.55. The first kappa shape index (κ1) is 37.9. The van der Waals surface area contributed by atoms with Crippen LogP contribution in [0.4, 0.5) is 5.13 Å². The van der Waals surface area contributed by atoms with Gasteiger partial charge in [0, 0.05) is 24.8 Å². The number of nitrogens with one attached hydrogen (secondary N) is 1. The topological polar surface area (TPSA) is 163 Å². The second-order valence-corrected chi connectivity index (χ2v) is 13.5. The van der Waals surface area contributed by atoms with Crippen LogP contribution < -0.4 is 14.8 Å². The van der Waals surface area contributed by atoms with Crippen LogP contribution in [0.5, 0.6) is 11.5 Å². The van der Waals surface area contributed by atoms with Gasteiger partial charge in [0.2, 0.25) is 11.8 Å². The van der Waals surface area contributed by atoms with Crippen LogP contribution in [-0.4, -0.2) is 45.3 Å². The summed E-state index contributed by atoms with van der Waals surface area (Å²) in [6, 6.07) is 33.4. The fourth-order valence-electron chi connectivity index (χ4n) is 5.44. The van der Waals surface area contributed by atoms with E-state index in [1.54, 1.807) is 20.8 Å². The van der Waals surface area contributed by atoms with E-state index in [-0.39, 0.29) is 22.8 Å². The van der Waals surface area contributed by atoms with E-state index >= 15 is 0 Å². The number of hydrogen-bond acceptors (Lipinski definition) is 12. The van der Waals surface area contributed by atoms with Crippen LogP contribution in [0.1, 0.15) is 68.7 Å². The molecule has 0 saturated carbocycles. The summed E-state index contributed by atoms with van der Waals surface area (Å²) in [7, 11) is 0. The molecule has 0 aliphatic heterocycles. The van der Waals surface area contributed by atoms with Gasteiger partial charge in [0.15, 0.2) is 16.6 Å². The number of ether oxygens (including phenoxy) is 3. The number of esters is 3. The van der Waals surface area contributed by atoms with Crippen molar-refractivity contribution in [3.05, 3.63) is 143 Å². The summed E-state index contributed by atoms with van der Waals surface area (Å²) >= 11 is 1.16. The highest BCUT2D eigenvalue weighted by Crippen LogP contribution is 2.41. The van der Waals surface area contributed by atoms with Crippen molar-refractivity contribution >= 4 is 46.1 Å². The van der Waals surface area contributed by atoms with Crippen molar-refractivity contribution in [2.45, 2.75) is 51.9 Å². The quantitative estimate of drug-likeness (QED) is 0.0411. The molecule has 0 aliphatic rings. The molecule has 0 saturated heterocycles. The van der Waals surface area contributed by atoms with Gasteiger partial charge in [-0.25, -0.2) is 14.6 Å². The number of rotatable bonds is 13. The molecule has 0 bridgehead atoms. The summed E-state index contributed by atoms with van der Waals surface area (Å²) in [5.74, 6) is -4.06. The van der Waals surface area contributed by atoms with Crippen LogP contribution >= 0.6 is 11.3 Å². The molecule has 13 heteroatoms. The number of oxime groups is 1. The van der Waals surface area contributed by atoms with E-state index in [0.717, 1.165) is 35.0 Å². The minimum atomic E-state index is -1.64. The lowest BCUT2D eigenvalue weighted by Crippen LogP contribution is -2.38. The number of hydrogen-bond donors (Lipinski definition) is 2. The predicted molar refractivity (Wildman–Crippen MR) is 198 cm³/mol. The molecule has 5 rings (SSSR count). The van der Waals surface area contributed by atoms with E-state index in [4.69, 9.17) is 19.0 Å². The Morgan fingerprint density at radius 2 is 1.26 bits per heavy atom. The highest BCUT2D eigenvalue weighted by Gasteiger charge is 2.37. The van der Waals surface area contributed by atoms with Gasteiger partial charge in [-0.15, -0.1) is 11.3 Å². The third-order valence-electron chi connectivity index (χ3n) is 7.51. The van der Waals surface area contributed by atoms with Crippen molar-refractivity contribution in [3.8, 4) is 11.5 Å². The van der Waals surface area contributed by atoms with Crippen LogP contribution in [0.15, 0.2) is 120 Å². The van der Waals surface area contributed by atoms with Crippen LogP contribution in [0, 0.1) is 0 Å². The SMILES string of the molecule is CC(=O)Oc1ccc(C(O/N=C(\C(=O)O)c2csc(NC(c3ccccc3)(c3ccccc3)c3ccccc3)n2)C(=O)OC(C)(C)C)cc1OC(C)=O. The minimum absolute atomic E-state index is 0.0400. The molecule has 0 aliphatic carbocycles. The minimum Gasteiger partial charge on any atom is -0.476 e. The Hall–Kier alpha value is -6.34. The first-order chi connectivity index (χ1) is 25.3. The summed E-state index contributed by atoms with van der Waals surface area (Å²) in [6.45, 7) is 7.26. The molecule has 5 aromatic rings. The van der Waals surface area contributed by atoms with Crippen molar-refractivity contribution in [2.24, 2.45) is 5.16 Å². The Morgan fingerprint density at radius 1 is 0.755 bits per heavy atom. The Kier molecular flexibility index (Phi) is 11.7. The maximum absolute atomic E-state index is 13.5. The molecule has 1 atom stereocenters. The maximum atomic E-state index is 13.5. The number of carboxylic acid groups (broad SMARTS) is 1. The lowest BCUT2D eigenvalue weighted by Gasteiger charge is -2.36. The molecule has 1 unspecified atom stereocenters. The lowest BCUT2D eigenvalue weighted by atomic mass is 9.77. The number of nitrogens with zero attached hydrogens (tertiary/aromatic N) is 2. The van der Waals surface area contributed by atoms with Crippen molar-refractivity contribution in [1.29, 1.82) is 0 Å². The third kappa shape index (κ3) is 9.32. The van der Waals surface area contributed by atoms with Crippen molar-refractivity contribution in [1.82, 2.24) is 4.98 Å². The molecule has 0 fully saturated rings. The molecular formula is C40H37N3O9S. The summed E-state index contributed by atoms with van der Waals surface area (Å²) in [6.07, 6.45) is -1.64. The van der Waals surface area contributed by atoms with E-state index in [1.807, 2.05) is 91.0 Å². The van der Waals surface area contributed by atoms with Crippen LogP contribution in [0.25, 0.3) is 0 Å². The van der Waals surface area contributed by atoms with E-state index in [1.165, 1.54) is 30.5 Å². The number of anilines is 1. The number of carbonyl (C=O) groups is 4. The second kappa shape index (κ2) is 16.3. The standard InChI is InChI=1S/C40H37N3O9S/c1-25(44)49-32-22-21-27(23-33(32)50-26(2)45)35(37(48)51-39(3,4)5)52-43-34(36(46)47)31-24-53-38(41-31)42-40(28-15-9-6-10-16-28,29-17-11-7-12-18-29)30-19-13-8-14-20-30/h6-24,35H,1-5H3,(H,41,42)(H,46,47)/b43-34-. The monoisotopic (exact) mass is 735 g/mol. The van der Waals surface area contributed by atoms with Crippen molar-refractivity contribution < 1.29 is 43.3 Å². The first-order valence-corrected chi connectivity index (χ1v) is 17.3. The smallest absolute Gasteiger partial charge is 0.360 e. The molecule has 0 spiro atoms. The molecule has 2 N–H and O–H groups in total.